The summed E-state index contributed by atoms with van der Waals surface area (Å²) in [6.45, 7) is 0.626. The molecule has 0 saturated carbocycles. The first-order valence-corrected chi connectivity index (χ1v) is 6.05. The van der Waals surface area contributed by atoms with E-state index < -0.39 is 17.7 Å². The first-order valence-electron chi connectivity index (χ1n) is 6.05. The molecule has 19 heavy (non-hydrogen) atoms. The molecular formula is C15H15F2NO. The van der Waals surface area contributed by atoms with Gasteiger partial charge in [0.15, 0.2) is 0 Å². The third-order valence-electron chi connectivity index (χ3n) is 2.84. The van der Waals surface area contributed by atoms with Crippen LogP contribution in [0.15, 0.2) is 48.5 Å². The molecule has 100 valence electrons. The lowest BCUT2D eigenvalue weighted by molar-refractivity contribution is 0.164. The predicted molar refractivity (Wildman–Crippen MR) is 69.5 cm³/mol. The van der Waals surface area contributed by atoms with Crippen molar-refractivity contribution in [2.24, 2.45) is 0 Å². The highest BCUT2D eigenvalue weighted by molar-refractivity contribution is 5.22. The molecule has 0 saturated heterocycles. The van der Waals surface area contributed by atoms with Gasteiger partial charge in [-0.05, 0) is 17.7 Å². The maximum atomic E-state index is 13.4. The van der Waals surface area contributed by atoms with Crippen molar-refractivity contribution in [1.29, 1.82) is 0 Å². The minimum absolute atomic E-state index is 0.0900. The Morgan fingerprint density at radius 1 is 0.947 bits per heavy atom. The molecule has 1 unspecified atom stereocenters. The van der Waals surface area contributed by atoms with Gasteiger partial charge in [-0.15, -0.1) is 0 Å². The van der Waals surface area contributed by atoms with Crippen LogP contribution in [0.5, 0.6) is 0 Å². The largest absolute Gasteiger partial charge is 0.387 e. The Kier molecular flexibility index (Phi) is 4.60. The van der Waals surface area contributed by atoms with E-state index in [-0.39, 0.29) is 12.1 Å². The monoisotopic (exact) mass is 263 g/mol. The van der Waals surface area contributed by atoms with Gasteiger partial charge < -0.3 is 10.4 Å². The van der Waals surface area contributed by atoms with E-state index >= 15 is 0 Å². The van der Waals surface area contributed by atoms with Crippen molar-refractivity contribution in [1.82, 2.24) is 5.32 Å². The topological polar surface area (TPSA) is 32.3 Å². The lowest BCUT2D eigenvalue weighted by atomic mass is 10.1. The lowest BCUT2D eigenvalue weighted by Crippen LogP contribution is -2.22. The van der Waals surface area contributed by atoms with E-state index in [1.54, 1.807) is 0 Å². The second-order valence-corrected chi connectivity index (χ2v) is 4.27. The maximum absolute atomic E-state index is 13.4. The van der Waals surface area contributed by atoms with Crippen LogP contribution >= 0.6 is 0 Å². The third-order valence-corrected chi connectivity index (χ3v) is 2.84. The van der Waals surface area contributed by atoms with Crippen LogP contribution in [-0.2, 0) is 6.54 Å². The van der Waals surface area contributed by atoms with Crippen molar-refractivity contribution in [2.75, 3.05) is 6.54 Å². The molecule has 2 rings (SSSR count). The molecule has 0 fully saturated rings. The van der Waals surface area contributed by atoms with E-state index in [1.165, 1.54) is 6.07 Å². The summed E-state index contributed by atoms with van der Waals surface area (Å²) in [6.07, 6.45) is -1.20. The Morgan fingerprint density at radius 2 is 1.58 bits per heavy atom. The van der Waals surface area contributed by atoms with Gasteiger partial charge in [0.25, 0.3) is 0 Å². The van der Waals surface area contributed by atoms with Crippen LogP contribution < -0.4 is 5.32 Å². The number of nitrogens with one attached hydrogen (secondary N) is 1. The first-order chi connectivity index (χ1) is 9.18. The van der Waals surface area contributed by atoms with Crippen LogP contribution in [0.4, 0.5) is 8.78 Å². The Labute approximate surface area is 110 Å². The van der Waals surface area contributed by atoms with Crippen LogP contribution in [0, 0.1) is 11.6 Å². The van der Waals surface area contributed by atoms with Gasteiger partial charge in [-0.2, -0.15) is 0 Å². The molecule has 0 radical (unpaired) electrons. The fraction of sp³-hybridized carbons (Fsp3) is 0.200. The van der Waals surface area contributed by atoms with Crippen LogP contribution in [-0.4, -0.2) is 11.7 Å². The number of benzene rings is 2. The Hall–Kier alpha value is -1.78. The molecule has 0 heterocycles. The summed E-state index contributed by atoms with van der Waals surface area (Å²) in [5, 5.41) is 12.8. The smallest absolute Gasteiger partial charge is 0.131 e. The number of hydrogen-bond donors (Lipinski definition) is 2. The van der Waals surface area contributed by atoms with Crippen molar-refractivity contribution in [3.63, 3.8) is 0 Å². The van der Waals surface area contributed by atoms with Gasteiger partial charge in [0.05, 0.1) is 11.7 Å². The summed E-state index contributed by atoms with van der Waals surface area (Å²) >= 11 is 0. The standard InChI is InChI=1S/C15H15F2NO/c16-12-7-4-8-13(17)15(12)14(19)10-18-9-11-5-2-1-3-6-11/h1-8,14,18-19H,9-10H2. The summed E-state index contributed by atoms with van der Waals surface area (Å²) in [6, 6.07) is 13.1. The molecule has 4 heteroatoms. The van der Waals surface area contributed by atoms with Gasteiger partial charge in [0.2, 0.25) is 0 Å². The molecule has 2 aromatic rings. The van der Waals surface area contributed by atoms with Gasteiger partial charge in [0, 0.05) is 13.1 Å². The Balaban J connectivity index is 1.93. The van der Waals surface area contributed by atoms with Gasteiger partial charge in [-0.1, -0.05) is 36.4 Å². The molecule has 0 bridgehead atoms. The predicted octanol–water partition coefficient (Wildman–Crippen LogP) is 2.79. The van der Waals surface area contributed by atoms with Gasteiger partial charge in [-0.3, -0.25) is 0 Å². The number of aliphatic hydroxyl groups excluding tert-OH is 1. The molecule has 2 N–H and O–H groups in total. The summed E-state index contributed by atoms with van der Waals surface area (Å²) < 4.78 is 26.8. The summed E-state index contributed by atoms with van der Waals surface area (Å²) in [5.74, 6) is -1.46. The molecule has 0 aromatic heterocycles. The molecule has 0 aliphatic heterocycles. The SMILES string of the molecule is OC(CNCc1ccccc1)c1c(F)cccc1F. The summed E-state index contributed by atoms with van der Waals surface area (Å²) in [7, 11) is 0. The van der Waals surface area contributed by atoms with E-state index in [2.05, 4.69) is 5.32 Å². The molecule has 1 atom stereocenters. The zero-order valence-electron chi connectivity index (χ0n) is 10.3. The maximum Gasteiger partial charge on any atom is 0.131 e. The summed E-state index contributed by atoms with van der Waals surface area (Å²) in [4.78, 5) is 0. The van der Waals surface area contributed by atoms with E-state index in [0.717, 1.165) is 17.7 Å². The van der Waals surface area contributed by atoms with E-state index in [4.69, 9.17) is 0 Å². The van der Waals surface area contributed by atoms with E-state index in [0.29, 0.717) is 6.54 Å². The highest BCUT2D eigenvalue weighted by atomic mass is 19.1. The molecule has 0 aliphatic rings. The Morgan fingerprint density at radius 3 is 2.21 bits per heavy atom. The molecule has 2 nitrogen and oxygen atoms in total. The fourth-order valence-electron chi connectivity index (χ4n) is 1.88. The van der Waals surface area contributed by atoms with Gasteiger partial charge in [0.1, 0.15) is 11.6 Å². The Bertz CT molecular complexity index is 511. The summed E-state index contributed by atoms with van der Waals surface area (Å²) in [5.41, 5.74) is 0.756. The fourth-order valence-corrected chi connectivity index (χ4v) is 1.88. The van der Waals surface area contributed by atoms with Crippen molar-refractivity contribution >= 4 is 0 Å². The minimum Gasteiger partial charge on any atom is -0.387 e. The third kappa shape index (κ3) is 3.59. The normalized spacial score (nSPS) is 12.4. The van der Waals surface area contributed by atoms with Crippen molar-refractivity contribution in [3.05, 3.63) is 71.3 Å². The highest BCUT2D eigenvalue weighted by Gasteiger charge is 2.16. The number of hydrogen-bond acceptors (Lipinski definition) is 2. The quantitative estimate of drug-likeness (QED) is 0.869. The van der Waals surface area contributed by atoms with Crippen molar-refractivity contribution in [2.45, 2.75) is 12.6 Å². The van der Waals surface area contributed by atoms with Crippen LogP contribution in [0.25, 0.3) is 0 Å². The molecule has 0 spiro atoms. The van der Waals surface area contributed by atoms with E-state index in [1.807, 2.05) is 30.3 Å². The van der Waals surface area contributed by atoms with Gasteiger partial charge >= 0.3 is 0 Å². The highest BCUT2D eigenvalue weighted by Crippen LogP contribution is 2.19. The zero-order chi connectivity index (χ0) is 13.7. The first kappa shape index (κ1) is 13.6. The second-order valence-electron chi connectivity index (χ2n) is 4.27. The molecule has 0 aliphatic carbocycles. The molecule has 0 amide bonds. The van der Waals surface area contributed by atoms with E-state index in [9.17, 15) is 13.9 Å². The molecule has 2 aromatic carbocycles. The zero-order valence-corrected chi connectivity index (χ0v) is 10.3. The van der Waals surface area contributed by atoms with Crippen molar-refractivity contribution in [3.8, 4) is 0 Å². The van der Waals surface area contributed by atoms with Crippen LogP contribution in [0.3, 0.4) is 0 Å². The van der Waals surface area contributed by atoms with Gasteiger partial charge in [-0.25, -0.2) is 8.78 Å². The average Bonchev–Trinajstić information content (AvgIpc) is 2.40. The van der Waals surface area contributed by atoms with Crippen LogP contribution in [0.1, 0.15) is 17.2 Å². The number of halogens is 2. The lowest BCUT2D eigenvalue weighted by Gasteiger charge is -2.13. The van der Waals surface area contributed by atoms with Crippen molar-refractivity contribution < 1.29 is 13.9 Å². The number of aliphatic hydroxyl groups is 1. The second kappa shape index (κ2) is 6.41. The molecular weight excluding hydrogens is 248 g/mol. The minimum atomic E-state index is -1.20. The average molecular weight is 263 g/mol. The number of rotatable bonds is 5. The van der Waals surface area contributed by atoms with Crippen LogP contribution in [0.2, 0.25) is 0 Å².